The van der Waals surface area contributed by atoms with Gasteiger partial charge in [0, 0.05) is 25.1 Å². The van der Waals surface area contributed by atoms with Crippen molar-refractivity contribution in [3.63, 3.8) is 0 Å². The molecule has 3 aliphatic rings. The van der Waals surface area contributed by atoms with Crippen LogP contribution in [-0.4, -0.2) is 42.4 Å². The van der Waals surface area contributed by atoms with Gasteiger partial charge in [0.05, 0.1) is 18.2 Å². The Morgan fingerprint density at radius 2 is 2.16 bits per heavy atom. The molecule has 25 heavy (non-hydrogen) atoms. The average Bonchev–Trinajstić information content (AvgIpc) is 3.07. The number of likely N-dealkylation sites (tertiary alicyclic amines) is 1. The van der Waals surface area contributed by atoms with Crippen LogP contribution in [0.2, 0.25) is 0 Å². The molecule has 1 aromatic carbocycles. The summed E-state index contributed by atoms with van der Waals surface area (Å²) in [4.78, 5) is 41.1. The van der Waals surface area contributed by atoms with Gasteiger partial charge in [0.25, 0.3) is 0 Å². The van der Waals surface area contributed by atoms with E-state index in [0.717, 1.165) is 11.3 Å². The van der Waals surface area contributed by atoms with Crippen molar-refractivity contribution in [2.75, 3.05) is 18.6 Å². The van der Waals surface area contributed by atoms with Gasteiger partial charge in [-0.3, -0.25) is 14.5 Å². The number of hydrogen-bond donors (Lipinski definition) is 0. The maximum absolute atomic E-state index is 12.8. The molecule has 6 heteroatoms. The number of ketones is 1. The van der Waals surface area contributed by atoms with Crippen LogP contribution in [0, 0.1) is 0 Å². The largest absolute Gasteiger partial charge is 0.452 e. The van der Waals surface area contributed by atoms with E-state index in [4.69, 9.17) is 4.74 Å². The number of hydrogen-bond acceptors (Lipinski definition) is 4. The van der Waals surface area contributed by atoms with Crippen molar-refractivity contribution in [2.45, 2.75) is 24.3 Å². The Labute approximate surface area is 145 Å². The number of rotatable bonds is 2. The van der Waals surface area contributed by atoms with Gasteiger partial charge >= 0.3 is 6.09 Å². The molecule has 1 aromatic rings. The number of carbonyl (C=O) groups is 3. The van der Waals surface area contributed by atoms with Gasteiger partial charge in [0.2, 0.25) is 5.91 Å². The van der Waals surface area contributed by atoms with Crippen LogP contribution in [0.15, 0.2) is 48.7 Å². The zero-order valence-electron chi connectivity index (χ0n) is 13.9. The van der Waals surface area contributed by atoms with Crippen molar-refractivity contribution < 1.29 is 19.1 Å². The Morgan fingerprint density at radius 3 is 2.88 bits per heavy atom. The molecule has 0 radical (unpaired) electrons. The summed E-state index contributed by atoms with van der Waals surface area (Å²) in [5, 5.41) is 0. The fraction of sp³-hybridized carbons (Fsp3) is 0.316. The maximum Gasteiger partial charge on any atom is 0.414 e. The van der Waals surface area contributed by atoms with Gasteiger partial charge in [-0.05, 0) is 11.6 Å². The summed E-state index contributed by atoms with van der Waals surface area (Å²) in [7, 11) is 1.30. The number of nitrogens with zero attached hydrogens (tertiary/aromatic N) is 2. The second-order valence-corrected chi connectivity index (χ2v) is 6.46. The van der Waals surface area contributed by atoms with Crippen LogP contribution in [0.25, 0.3) is 0 Å². The van der Waals surface area contributed by atoms with Gasteiger partial charge in [-0.1, -0.05) is 30.4 Å². The first kappa shape index (κ1) is 15.6. The summed E-state index contributed by atoms with van der Waals surface area (Å²) in [5.74, 6) is -0.147. The molecule has 2 atom stereocenters. The highest BCUT2D eigenvalue weighted by atomic mass is 16.5. The summed E-state index contributed by atoms with van der Waals surface area (Å²) >= 11 is 0. The molecule has 0 saturated carbocycles. The molecule has 0 aromatic heterocycles. The second kappa shape index (κ2) is 5.31. The number of Topliss-reactive ketones (excluding diaryl/α,β-unsaturated/α-hetero) is 1. The van der Waals surface area contributed by atoms with Crippen LogP contribution in [0.1, 0.15) is 18.4 Å². The van der Waals surface area contributed by atoms with E-state index in [2.05, 4.69) is 6.58 Å². The van der Waals surface area contributed by atoms with Crippen molar-refractivity contribution in [1.82, 2.24) is 4.90 Å². The Kier molecular flexibility index (Phi) is 3.32. The van der Waals surface area contributed by atoms with Gasteiger partial charge in [0.1, 0.15) is 6.04 Å². The van der Waals surface area contributed by atoms with Gasteiger partial charge in [-0.2, -0.15) is 0 Å². The van der Waals surface area contributed by atoms with E-state index in [1.54, 1.807) is 17.0 Å². The summed E-state index contributed by atoms with van der Waals surface area (Å²) in [5.41, 5.74) is 1.42. The Balaban J connectivity index is 1.99. The van der Waals surface area contributed by atoms with E-state index >= 15 is 0 Å². The van der Waals surface area contributed by atoms with Crippen LogP contribution in [0.3, 0.4) is 0 Å². The zero-order valence-corrected chi connectivity index (χ0v) is 13.9. The van der Waals surface area contributed by atoms with Crippen LogP contribution >= 0.6 is 0 Å². The number of ether oxygens (including phenoxy) is 1. The fourth-order valence-corrected chi connectivity index (χ4v) is 4.49. The lowest BCUT2D eigenvalue weighted by Gasteiger charge is -2.38. The molecular weight excluding hydrogens is 320 g/mol. The summed E-state index contributed by atoms with van der Waals surface area (Å²) in [6.07, 6.45) is 3.25. The van der Waals surface area contributed by atoms with Crippen LogP contribution in [0.4, 0.5) is 10.5 Å². The zero-order chi connectivity index (χ0) is 17.8. The molecule has 2 aliphatic heterocycles. The van der Waals surface area contributed by atoms with Gasteiger partial charge in [0.15, 0.2) is 5.78 Å². The molecule has 0 bridgehead atoms. The fourth-order valence-electron chi connectivity index (χ4n) is 4.49. The molecule has 2 amide bonds. The number of methoxy groups -OCH3 is 1. The standard InChI is InChI=1S/C19H18N2O4/c1-3-10-20-15-9-8-14(22)17-19(15,11-16(20)23)12-6-4-5-7-13(12)21(17)18(24)25-2/h3-7,9,17H,1,8,10-11H2,2H3/t17-,19-/m0/s1. The molecule has 1 saturated heterocycles. The third-order valence-corrected chi connectivity index (χ3v) is 5.33. The molecule has 2 heterocycles. The molecule has 6 nitrogen and oxygen atoms in total. The van der Waals surface area contributed by atoms with Crippen molar-refractivity contribution in [2.24, 2.45) is 0 Å². The maximum atomic E-state index is 12.8. The van der Waals surface area contributed by atoms with E-state index in [0.29, 0.717) is 12.2 Å². The first-order valence-corrected chi connectivity index (χ1v) is 8.17. The SMILES string of the molecule is C=CCN1C(=O)C[C@]23C1=CCC(=O)[C@@H]2N(C(=O)OC)c1ccccc13. The predicted molar refractivity (Wildman–Crippen MR) is 91.0 cm³/mol. The summed E-state index contributed by atoms with van der Waals surface area (Å²) < 4.78 is 4.94. The Bertz CT molecular complexity index is 844. The smallest absolute Gasteiger partial charge is 0.414 e. The van der Waals surface area contributed by atoms with E-state index in [1.807, 2.05) is 24.3 Å². The number of anilines is 1. The minimum atomic E-state index is -0.833. The van der Waals surface area contributed by atoms with E-state index in [-0.39, 0.29) is 24.5 Å². The van der Waals surface area contributed by atoms with E-state index in [9.17, 15) is 14.4 Å². The summed E-state index contributed by atoms with van der Waals surface area (Å²) in [6.45, 7) is 4.11. The minimum Gasteiger partial charge on any atom is -0.452 e. The highest BCUT2D eigenvalue weighted by Crippen LogP contribution is 2.57. The third kappa shape index (κ3) is 1.82. The molecule has 4 rings (SSSR count). The number of para-hydroxylation sites is 1. The van der Waals surface area contributed by atoms with Crippen LogP contribution in [-0.2, 0) is 19.7 Å². The van der Waals surface area contributed by atoms with E-state index in [1.165, 1.54) is 12.0 Å². The molecule has 1 spiro atoms. The molecule has 1 fully saturated rings. The molecule has 1 aliphatic carbocycles. The van der Waals surface area contributed by atoms with Crippen LogP contribution < -0.4 is 4.90 Å². The Hall–Kier alpha value is -2.89. The van der Waals surface area contributed by atoms with Crippen molar-refractivity contribution in [3.05, 3.63) is 54.3 Å². The summed E-state index contributed by atoms with van der Waals surface area (Å²) in [6, 6.07) is 6.61. The number of carbonyl (C=O) groups excluding carboxylic acids is 3. The quantitative estimate of drug-likeness (QED) is 0.775. The molecule has 128 valence electrons. The van der Waals surface area contributed by atoms with Crippen LogP contribution in [0.5, 0.6) is 0 Å². The average molecular weight is 338 g/mol. The van der Waals surface area contributed by atoms with Gasteiger partial charge < -0.3 is 9.64 Å². The molecule has 0 unspecified atom stereocenters. The lowest BCUT2D eigenvalue weighted by Crippen LogP contribution is -2.54. The molecular formula is C19H18N2O4. The minimum absolute atomic E-state index is 0.0626. The van der Waals surface area contributed by atoms with Gasteiger partial charge in [-0.15, -0.1) is 6.58 Å². The van der Waals surface area contributed by atoms with Crippen molar-refractivity contribution in [3.8, 4) is 0 Å². The topological polar surface area (TPSA) is 66.9 Å². The number of amides is 2. The number of benzene rings is 1. The second-order valence-electron chi connectivity index (χ2n) is 6.46. The Morgan fingerprint density at radius 1 is 1.40 bits per heavy atom. The highest BCUT2D eigenvalue weighted by molar-refractivity contribution is 6.07. The lowest BCUT2D eigenvalue weighted by atomic mass is 9.68. The van der Waals surface area contributed by atoms with Crippen molar-refractivity contribution in [1.29, 1.82) is 0 Å². The first-order valence-electron chi connectivity index (χ1n) is 8.17. The lowest BCUT2D eigenvalue weighted by molar-refractivity contribution is -0.126. The van der Waals surface area contributed by atoms with Gasteiger partial charge in [-0.25, -0.2) is 4.79 Å². The third-order valence-electron chi connectivity index (χ3n) is 5.33. The monoisotopic (exact) mass is 338 g/mol. The highest BCUT2D eigenvalue weighted by Gasteiger charge is 2.64. The predicted octanol–water partition coefficient (Wildman–Crippen LogP) is 2.15. The molecule has 0 N–H and O–H groups in total. The van der Waals surface area contributed by atoms with Crippen molar-refractivity contribution >= 4 is 23.5 Å². The van der Waals surface area contributed by atoms with E-state index < -0.39 is 17.6 Å². The normalized spacial score (nSPS) is 26.8. The number of fused-ring (bicyclic) bond motifs is 1. The number of allylic oxidation sites excluding steroid dienone is 1. The first-order chi connectivity index (χ1) is 12.1.